The van der Waals surface area contributed by atoms with Gasteiger partial charge in [0.1, 0.15) is 6.10 Å². The van der Waals surface area contributed by atoms with Gasteiger partial charge in [0.15, 0.2) is 0 Å². The lowest BCUT2D eigenvalue weighted by Crippen LogP contribution is -2.26. The summed E-state index contributed by atoms with van der Waals surface area (Å²) in [7, 11) is -2.04. The van der Waals surface area contributed by atoms with Crippen LogP contribution in [0.25, 0.3) is 0 Å². The van der Waals surface area contributed by atoms with Crippen LogP contribution in [0.4, 0.5) is 11.4 Å². The van der Waals surface area contributed by atoms with Crippen molar-refractivity contribution in [3.63, 3.8) is 0 Å². The monoisotopic (exact) mass is 308 g/mol. The Kier molecular flexibility index (Phi) is 4.26. The fraction of sp³-hybridized carbons (Fsp3) is 0.533. The predicted molar refractivity (Wildman–Crippen MR) is 83.2 cm³/mol. The Morgan fingerprint density at radius 3 is 2.52 bits per heavy atom. The third kappa shape index (κ3) is 3.63. The third-order valence-electron chi connectivity index (χ3n) is 3.81. The van der Waals surface area contributed by atoms with Crippen molar-refractivity contribution in [2.24, 2.45) is 4.36 Å². The van der Waals surface area contributed by atoms with Crippen LogP contribution in [0.2, 0.25) is 0 Å². The number of hydrogen-bond acceptors (Lipinski definition) is 4. The number of anilines is 1. The summed E-state index contributed by atoms with van der Waals surface area (Å²) in [4.78, 5) is 11.9. The quantitative estimate of drug-likeness (QED) is 0.933. The van der Waals surface area contributed by atoms with E-state index >= 15 is 0 Å². The Balaban J connectivity index is 1.66. The van der Waals surface area contributed by atoms with E-state index in [0.29, 0.717) is 18.1 Å². The average Bonchev–Trinajstić information content (AvgIpc) is 3.13. The molecule has 21 heavy (non-hydrogen) atoms. The second-order valence-corrected chi connectivity index (χ2v) is 8.06. The zero-order valence-corrected chi connectivity index (χ0v) is 12.7. The van der Waals surface area contributed by atoms with E-state index in [9.17, 15) is 9.00 Å². The van der Waals surface area contributed by atoms with Crippen molar-refractivity contribution >= 4 is 27.0 Å². The molecular formula is C15H20N2O3S. The Bertz CT molecular complexity index is 615. The molecule has 0 bridgehead atoms. The maximum absolute atomic E-state index is 12.3. The number of ether oxygens (including phenoxy) is 1. The molecule has 0 spiro atoms. The lowest BCUT2D eigenvalue weighted by Gasteiger charge is -2.10. The van der Waals surface area contributed by atoms with Gasteiger partial charge in [-0.2, -0.15) is 4.36 Å². The van der Waals surface area contributed by atoms with Crippen molar-refractivity contribution in [2.75, 3.05) is 23.4 Å². The zero-order chi connectivity index (χ0) is 14.7. The van der Waals surface area contributed by atoms with E-state index in [1.807, 2.05) is 0 Å². The summed E-state index contributed by atoms with van der Waals surface area (Å²) in [5.41, 5.74) is 1.44. The minimum absolute atomic E-state index is 0.0982. The number of carbonyl (C=O) groups is 1. The minimum atomic E-state index is -2.04. The van der Waals surface area contributed by atoms with Crippen LogP contribution in [0.5, 0.6) is 0 Å². The molecule has 1 amide bonds. The fourth-order valence-corrected chi connectivity index (χ4v) is 4.86. The van der Waals surface area contributed by atoms with Crippen LogP contribution in [0.1, 0.15) is 25.7 Å². The summed E-state index contributed by atoms with van der Waals surface area (Å²) in [6.07, 6.45) is 3.38. The standard InChI is InChI=1S/C15H20N2O3S/c18-15(14-4-3-9-20-14)16-12-5-7-13(8-6-12)17-21(19)10-1-2-11-21/h5-8,14H,1-4,9-11H2,(H,16,18)/t14-/m1/s1. The highest BCUT2D eigenvalue weighted by Gasteiger charge is 2.23. The van der Waals surface area contributed by atoms with E-state index in [1.165, 1.54) is 0 Å². The third-order valence-corrected chi connectivity index (χ3v) is 6.20. The van der Waals surface area contributed by atoms with Crippen molar-refractivity contribution in [1.29, 1.82) is 0 Å². The van der Waals surface area contributed by atoms with Crippen molar-refractivity contribution in [3.05, 3.63) is 24.3 Å². The SMILES string of the molecule is O=C(Nc1ccc(N=S2(=O)CCCC2)cc1)[C@H]1CCCO1. The molecule has 0 saturated carbocycles. The predicted octanol–water partition coefficient (Wildman–Crippen LogP) is 2.70. The van der Waals surface area contributed by atoms with Crippen LogP contribution in [0.3, 0.4) is 0 Å². The van der Waals surface area contributed by atoms with Crippen LogP contribution in [0.15, 0.2) is 28.6 Å². The number of amides is 1. The molecule has 2 aliphatic heterocycles. The molecule has 2 fully saturated rings. The van der Waals surface area contributed by atoms with E-state index in [0.717, 1.165) is 37.1 Å². The normalized spacial score (nSPS) is 23.9. The molecule has 2 heterocycles. The smallest absolute Gasteiger partial charge is 0.253 e. The van der Waals surface area contributed by atoms with Gasteiger partial charge in [-0.1, -0.05) is 0 Å². The Hall–Kier alpha value is -1.40. The van der Waals surface area contributed by atoms with Crippen molar-refractivity contribution in [2.45, 2.75) is 31.8 Å². The van der Waals surface area contributed by atoms with Gasteiger partial charge in [-0.05, 0) is 49.9 Å². The van der Waals surface area contributed by atoms with E-state index in [2.05, 4.69) is 9.68 Å². The lowest BCUT2D eigenvalue weighted by atomic mass is 10.2. The second kappa shape index (κ2) is 6.15. The Morgan fingerprint density at radius 1 is 1.19 bits per heavy atom. The van der Waals surface area contributed by atoms with Gasteiger partial charge >= 0.3 is 0 Å². The number of benzene rings is 1. The molecule has 2 saturated heterocycles. The van der Waals surface area contributed by atoms with E-state index < -0.39 is 9.73 Å². The van der Waals surface area contributed by atoms with Gasteiger partial charge in [-0.15, -0.1) is 0 Å². The molecular weight excluding hydrogens is 288 g/mol. The van der Waals surface area contributed by atoms with Gasteiger partial charge in [-0.25, -0.2) is 4.21 Å². The van der Waals surface area contributed by atoms with Gasteiger partial charge in [-0.3, -0.25) is 4.79 Å². The highest BCUT2D eigenvalue weighted by atomic mass is 32.2. The van der Waals surface area contributed by atoms with Gasteiger partial charge in [0, 0.05) is 23.8 Å². The first-order chi connectivity index (χ1) is 10.1. The molecule has 1 aromatic rings. The molecule has 5 nitrogen and oxygen atoms in total. The zero-order valence-electron chi connectivity index (χ0n) is 11.9. The highest BCUT2D eigenvalue weighted by Crippen LogP contribution is 2.23. The molecule has 1 atom stereocenters. The number of rotatable bonds is 3. The van der Waals surface area contributed by atoms with Crippen molar-refractivity contribution < 1.29 is 13.7 Å². The second-order valence-electron chi connectivity index (χ2n) is 5.52. The molecule has 2 aliphatic rings. The minimum Gasteiger partial charge on any atom is -0.368 e. The first-order valence-corrected chi connectivity index (χ1v) is 9.25. The van der Waals surface area contributed by atoms with Crippen LogP contribution < -0.4 is 5.32 Å². The van der Waals surface area contributed by atoms with Gasteiger partial charge in [0.25, 0.3) is 5.91 Å². The maximum Gasteiger partial charge on any atom is 0.253 e. The first-order valence-electron chi connectivity index (χ1n) is 7.40. The van der Waals surface area contributed by atoms with Gasteiger partial charge < -0.3 is 10.1 Å². The first kappa shape index (κ1) is 14.5. The summed E-state index contributed by atoms with van der Waals surface area (Å²) >= 11 is 0. The molecule has 114 valence electrons. The Labute approximate surface area is 125 Å². The van der Waals surface area contributed by atoms with Crippen LogP contribution >= 0.6 is 0 Å². The summed E-state index contributed by atoms with van der Waals surface area (Å²) in [5, 5.41) is 2.84. The van der Waals surface area contributed by atoms with Crippen molar-refractivity contribution in [1.82, 2.24) is 0 Å². The summed E-state index contributed by atoms with van der Waals surface area (Å²) in [6.45, 7) is 0.657. The fourth-order valence-electron chi connectivity index (χ4n) is 2.65. The summed E-state index contributed by atoms with van der Waals surface area (Å²) in [5.74, 6) is 1.30. The molecule has 0 unspecified atom stereocenters. The summed E-state index contributed by atoms with van der Waals surface area (Å²) < 4.78 is 22.1. The topological polar surface area (TPSA) is 67.8 Å². The molecule has 0 radical (unpaired) electrons. The molecule has 0 aromatic heterocycles. The van der Waals surface area contributed by atoms with Crippen LogP contribution in [-0.2, 0) is 19.3 Å². The average molecular weight is 308 g/mol. The van der Waals surface area contributed by atoms with Gasteiger partial charge in [0.2, 0.25) is 0 Å². The maximum atomic E-state index is 12.3. The van der Waals surface area contributed by atoms with E-state index in [-0.39, 0.29) is 12.0 Å². The van der Waals surface area contributed by atoms with E-state index in [1.54, 1.807) is 24.3 Å². The molecule has 3 rings (SSSR count). The van der Waals surface area contributed by atoms with E-state index in [4.69, 9.17) is 4.74 Å². The Morgan fingerprint density at radius 2 is 1.90 bits per heavy atom. The number of nitrogens with one attached hydrogen (secondary N) is 1. The van der Waals surface area contributed by atoms with Gasteiger partial charge in [0.05, 0.1) is 15.4 Å². The largest absolute Gasteiger partial charge is 0.368 e. The molecule has 6 heteroatoms. The van der Waals surface area contributed by atoms with Crippen LogP contribution in [0, 0.1) is 0 Å². The lowest BCUT2D eigenvalue weighted by molar-refractivity contribution is -0.124. The highest BCUT2D eigenvalue weighted by molar-refractivity contribution is 7.93. The number of carbonyl (C=O) groups excluding carboxylic acids is 1. The molecule has 0 aliphatic carbocycles. The number of nitrogens with zero attached hydrogens (tertiary/aromatic N) is 1. The molecule has 1 N–H and O–H groups in total. The summed E-state index contributed by atoms with van der Waals surface area (Å²) in [6, 6.07) is 7.19. The number of hydrogen-bond donors (Lipinski definition) is 1. The van der Waals surface area contributed by atoms with Crippen molar-refractivity contribution in [3.8, 4) is 0 Å². The van der Waals surface area contributed by atoms with Crippen LogP contribution in [-0.4, -0.2) is 34.3 Å². The molecule has 1 aromatic carbocycles.